The van der Waals surface area contributed by atoms with Gasteiger partial charge in [0.05, 0.1) is 11.5 Å². The Hall–Kier alpha value is -2.25. The molecule has 0 radical (unpaired) electrons. The van der Waals surface area contributed by atoms with Crippen LogP contribution < -0.4 is 9.46 Å². The average Bonchev–Trinajstić information content (AvgIpc) is 2.56. The van der Waals surface area contributed by atoms with E-state index < -0.39 is 16.0 Å². The Bertz CT molecular complexity index is 788. The molecular weight excluding hydrogens is 354 g/mol. The van der Waals surface area contributed by atoms with Crippen molar-refractivity contribution in [2.45, 2.75) is 11.8 Å². The van der Waals surface area contributed by atoms with Gasteiger partial charge in [0.25, 0.3) is 10.0 Å². The molecule has 0 aliphatic rings. The van der Waals surface area contributed by atoms with Crippen LogP contribution in [0.4, 0.5) is 5.69 Å². The fourth-order valence-electron chi connectivity index (χ4n) is 1.79. The highest BCUT2D eigenvalue weighted by molar-refractivity contribution is 7.92. The summed E-state index contributed by atoms with van der Waals surface area (Å²) in [5.74, 6) is -0.118. The quantitative estimate of drug-likeness (QED) is 0.758. The molecule has 0 saturated heterocycles. The lowest BCUT2D eigenvalue weighted by Crippen LogP contribution is -2.15. The molecule has 6 nitrogen and oxygen atoms in total. The Kier molecular flexibility index (Phi) is 6.05. The minimum atomic E-state index is -3.72. The second-order valence-electron chi connectivity index (χ2n) is 4.68. The number of nitrogens with one attached hydrogen (secondary N) is 1. The van der Waals surface area contributed by atoms with Crippen molar-refractivity contribution in [3.8, 4) is 5.75 Å². The summed E-state index contributed by atoms with van der Waals surface area (Å²) >= 11 is 5.76. The van der Waals surface area contributed by atoms with E-state index >= 15 is 0 Å². The van der Waals surface area contributed by atoms with Crippen LogP contribution >= 0.6 is 11.6 Å². The standard InChI is InChI=1S/C16H16ClNO5S/c1-2-22-16(19)11-23-14-7-9-15(10-8-14)24(20,21)18-13-5-3-12(17)4-6-13/h3-10,18H,2,11H2,1H3. The van der Waals surface area contributed by atoms with Gasteiger partial charge in [-0.15, -0.1) is 0 Å². The van der Waals surface area contributed by atoms with Gasteiger partial charge >= 0.3 is 5.97 Å². The Morgan fingerprint density at radius 1 is 1.08 bits per heavy atom. The molecule has 0 unspecified atom stereocenters. The minimum Gasteiger partial charge on any atom is -0.482 e. The second-order valence-corrected chi connectivity index (χ2v) is 6.80. The van der Waals surface area contributed by atoms with Crippen LogP contribution in [0.1, 0.15) is 6.92 Å². The van der Waals surface area contributed by atoms with Crippen LogP contribution in [0.2, 0.25) is 5.02 Å². The van der Waals surface area contributed by atoms with Crippen molar-refractivity contribution < 1.29 is 22.7 Å². The summed E-state index contributed by atoms with van der Waals surface area (Å²) in [6.45, 7) is 1.74. The molecule has 0 spiro atoms. The largest absolute Gasteiger partial charge is 0.482 e. The Morgan fingerprint density at radius 3 is 2.29 bits per heavy atom. The zero-order valence-electron chi connectivity index (χ0n) is 12.9. The van der Waals surface area contributed by atoms with Crippen molar-refractivity contribution in [3.05, 3.63) is 53.6 Å². The monoisotopic (exact) mass is 369 g/mol. The smallest absolute Gasteiger partial charge is 0.344 e. The summed E-state index contributed by atoms with van der Waals surface area (Å²) in [5.41, 5.74) is 0.405. The van der Waals surface area contributed by atoms with E-state index in [1.807, 2.05) is 0 Å². The predicted molar refractivity (Wildman–Crippen MR) is 90.8 cm³/mol. The topological polar surface area (TPSA) is 81.7 Å². The van der Waals surface area contributed by atoms with E-state index in [1.165, 1.54) is 24.3 Å². The molecule has 2 aromatic rings. The number of hydrogen-bond donors (Lipinski definition) is 1. The van der Waals surface area contributed by atoms with E-state index in [2.05, 4.69) is 4.72 Å². The minimum absolute atomic E-state index is 0.0703. The van der Waals surface area contributed by atoms with Crippen LogP contribution in [-0.2, 0) is 19.6 Å². The van der Waals surface area contributed by atoms with E-state index in [9.17, 15) is 13.2 Å². The van der Waals surface area contributed by atoms with Crippen LogP contribution in [-0.4, -0.2) is 27.6 Å². The lowest BCUT2D eigenvalue weighted by atomic mass is 10.3. The summed E-state index contributed by atoms with van der Waals surface area (Å²) in [4.78, 5) is 11.3. The molecule has 2 aromatic carbocycles. The molecule has 128 valence electrons. The van der Waals surface area contributed by atoms with Crippen molar-refractivity contribution in [2.24, 2.45) is 0 Å². The van der Waals surface area contributed by atoms with Gasteiger partial charge in [-0.3, -0.25) is 4.72 Å². The van der Waals surface area contributed by atoms with Crippen molar-refractivity contribution in [1.29, 1.82) is 0 Å². The summed E-state index contributed by atoms with van der Waals surface area (Å²) < 4.78 is 37.0. The van der Waals surface area contributed by atoms with Gasteiger partial charge in [-0.25, -0.2) is 13.2 Å². The molecular formula is C16H16ClNO5S. The highest BCUT2D eigenvalue weighted by atomic mass is 35.5. The molecule has 8 heteroatoms. The summed E-state index contributed by atoms with van der Waals surface area (Å²) in [6.07, 6.45) is 0. The number of rotatable bonds is 7. The van der Waals surface area contributed by atoms with Gasteiger partial charge in [0.1, 0.15) is 5.75 Å². The van der Waals surface area contributed by atoms with Crippen LogP contribution in [0, 0.1) is 0 Å². The number of hydrogen-bond acceptors (Lipinski definition) is 5. The number of carbonyl (C=O) groups excluding carboxylic acids is 1. The summed E-state index contributed by atoms with van der Waals surface area (Å²) in [6, 6.07) is 12.0. The van der Waals surface area contributed by atoms with E-state index in [0.717, 1.165) is 0 Å². The highest BCUT2D eigenvalue weighted by Crippen LogP contribution is 2.20. The van der Waals surface area contributed by atoms with Gasteiger partial charge in [0, 0.05) is 10.7 Å². The molecule has 24 heavy (non-hydrogen) atoms. The zero-order chi connectivity index (χ0) is 17.6. The van der Waals surface area contributed by atoms with E-state index in [4.69, 9.17) is 21.1 Å². The molecule has 0 fully saturated rings. The first kappa shape index (κ1) is 18.1. The summed E-state index contributed by atoms with van der Waals surface area (Å²) in [5, 5.41) is 0.515. The third-order valence-corrected chi connectivity index (χ3v) is 4.54. The first-order valence-electron chi connectivity index (χ1n) is 7.07. The lowest BCUT2D eigenvalue weighted by molar-refractivity contribution is -0.145. The van der Waals surface area contributed by atoms with Gasteiger partial charge in [0.2, 0.25) is 0 Å². The maximum absolute atomic E-state index is 12.3. The molecule has 0 amide bonds. The lowest BCUT2D eigenvalue weighted by Gasteiger charge is -2.09. The third-order valence-electron chi connectivity index (χ3n) is 2.89. The number of ether oxygens (including phenoxy) is 2. The van der Waals surface area contributed by atoms with Crippen molar-refractivity contribution in [1.82, 2.24) is 0 Å². The highest BCUT2D eigenvalue weighted by Gasteiger charge is 2.14. The summed E-state index contributed by atoms with van der Waals surface area (Å²) in [7, 11) is -3.72. The fraction of sp³-hybridized carbons (Fsp3) is 0.188. The van der Waals surface area contributed by atoms with E-state index in [0.29, 0.717) is 16.5 Å². The molecule has 0 atom stereocenters. The number of sulfonamides is 1. The SMILES string of the molecule is CCOC(=O)COc1ccc(S(=O)(=O)Nc2ccc(Cl)cc2)cc1. The fourth-order valence-corrected chi connectivity index (χ4v) is 2.98. The number of anilines is 1. The zero-order valence-corrected chi connectivity index (χ0v) is 14.4. The first-order chi connectivity index (χ1) is 11.4. The first-order valence-corrected chi connectivity index (χ1v) is 8.93. The van der Waals surface area contributed by atoms with Crippen LogP contribution in [0.5, 0.6) is 5.75 Å². The van der Waals surface area contributed by atoms with Crippen molar-refractivity contribution in [3.63, 3.8) is 0 Å². The Morgan fingerprint density at radius 2 is 1.71 bits per heavy atom. The van der Waals surface area contributed by atoms with Crippen molar-refractivity contribution in [2.75, 3.05) is 17.9 Å². The van der Waals surface area contributed by atoms with Crippen molar-refractivity contribution >= 4 is 33.3 Å². The molecule has 2 rings (SSSR count). The molecule has 1 N–H and O–H groups in total. The van der Waals surface area contributed by atoms with Crippen LogP contribution in [0.25, 0.3) is 0 Å². The maximum Gasteiger partial charge on any atom is 0.344 e. The normalized spacial score (nSPS) is 10.9. The predicted octanol–water partition coefficient (Wildman–Crippen LogP) is 3.08. The molecule has 0 heterocycles. The molecule has 0 saturated carbocycles. The molecule has 0 bridgehead atoms. The Balaban J connectivity index is 2.03. The van der Waals surface area contributed by atoms with Crippen LogP contribution in [0.3, 0.4) is 0 Å². The van der Waals surface area contributed by atoms with Crippen LogP contribution in [0.15, 0.2) is 53.4 Å². The Labute approximate surface area is 145 Å². The van der Waals surface area contributed by atoms with E-state index in [1.54, 1.807) is 31.2 Å². The number of esters is 1. The average molecular weight is 370 g/mol. The van der Waals surface area contributed by atoms with Gasteiger partial charge in [-0.1, -0.05) is 11.6 Å². The molecule has 0 aromatic heterocycles. The number of halogens is 1. The van der Waals surface area contributed by atoms with Gasteiger partial charge < -0.3 is 9.47 Å². The second kappa shape index (κ2) is 8.03. The molecule has 0 aliphatic heterocycles. The maximum atomic E-state index is 12.3. The van der Waals surface area contributed by atoms with Gasteiger partial charge in [0.15, 0.2) is 6.61 Å². The number of benzene rings is 2. The number of carbonyl (C=O) groups is 1. The van der Waals surface area contributed by atoms with Gasteiger partial charge in [-0.2, -0.15) is 0 Å². The van der Waals surface area contributed by atoms with E-state index in [-0.39, 0.29) is 18.1 Å². The molecule has 0 aliphatic carbocycles. The third kappa shape index (κ3) is 5.14. The van der Waals surface area contributed by atoms with Gasteiger partial charge in [-0.05, 0) is 55.5 Å².